The van der Waals surface area contributed by atoms with Gasteiger partial charge in [-0.25, -0.2) is 0 Å². The highest BCUT2D eigenvalue weighted by Gasteiger charge is 2.12. The SMILES string of the molecule is Cc1[nH]c2ccccc2c1-c1ccno1. The van der Waals surface area contributed by atoms with Crippen LogP contribution >= 0.6 is 0 Å². The minimum atomic E-state index is 0.810. The topological polar surface area (TPSA) is 41.8 Å². The summed E-state index contributed by atoms with van der Waals surface area (Å²) < 4.78 is 5.20. The van der Waals surface area contributed by atoms with E-state index in [9.17, 15) is 0 Å². The molecule has 0 aliphatic carbocycles. The van der Waals surface area contributed by atoms with Crippen molar-refractivity contribution in [2.24, 2.45) is 0 Å². The maximum atomic E-state index is 5.20. The fourth-order valence-corrected chi connectivity index (χ4v) is 1.94. The van der Waals surface area contributed by atoms with E-state index in [1.54, 1.807) is 6.20 Å². The zero-order valence-electron chi connectivity index (χ0n) is 8.32. The Hall–Kier alpha value is -2.03. The summed E-state index contributed by atoms with van der Waals surface area (Å²) >= 11 is 0. The second-order valence-corrected chi connectivity index (χ2v) is 3.55. The van der Waals surface area contributed by atoms with Crippen molar-refractivity contribution in [2.45, 2.75) is 6.92 Å². The Morgan fingerprint density at radius 3 is 2.87 bits per heavy atom. The van der Waals surface area contributed by atoms with E-state index in [-0.39, 0.29) is 0 Å². The van der Waals surface area contributed by atoms with Crippen LogP contribution in [0.4, 0.5) is 0 Å². The lowest BCUT2D eigenvalue weighted by molar-refractivity contribution is 0.432. The average molecular weight is 198 g/mol. The summed E-state index contributed by atoms with van der Waals surface area (Å²) in [5.41, 5.74) is 3.33. The standard InChI is InChI=1S/C12H10N2O/c1-8-12(11-6-7-13-15-11)9-4-2-3-5-10(9)14-8/h2-7,14H,1H3. The van der Waals surface area contributed by atoms with E-state index >= 15 is 0 Å². The van der Waals surface area contributed by atoms with Crippen LogP contribution in [0, 0.1) is 6.92 Å². The second-order valence-electron chi connectivity index (χ2n) is 3.55. The molecule has 0 atom stereocenters. The molecule has 0 aliphatic heterocycles. The molecular formula is C12H10N2O. The Kier molecular flexibility index (Phi) is 1.65. The van der Waals surface area contributed by atoms with Crippen molar-refractivity contribution in [3.05, 3.63) is 42.2 Å². The van der Waals surface area contributed by atoms with Crippen LogP contribution in [-0.2, 0) is 0 Å². The first kappa shape index (κ1) is 8.29. The van der Waals surface area contributed by atoms with Crippen molar-refractivity contribution in [3.8, 4) is 11.3 Å². The van der Waals surface area contributed by atoms with Crippen LogP contribution in [-0.4, -0.2) is 10.1 Å². The fourth-order valence-electron chi connectivity index (χ4n) is 1.94. The Labute approximate surface area is 86.7 Å². The molecule has 74 valence electrons. The van der Waals surface area contributed by atoms with Gasteiger partial charge in [-0.1, -0.05) is 23.4 Å². The zero-order chi connectivity index (χ0) is 10.3. The maximum absolute atomic E-state index is 5.20. The van der Waals surface area contributed by atoms with Crippen molar-refractivity contribution >= 4 is 10.9 Å². The monoisotopic (exact) mass is 198 g/mol. The molecule has 15 heavy (non-hydrogen) atoms. The third-order valence-electron chi connectivity index (χ3n) is 2.58. The van der Waals surface area contributed by atoms with Gasteiger partial charge in [-0.2, -0.15) is 0 Å². The summed E-state index contributed by atoms with van der Waals surface area (Å²) in [5.74, 6) is 0.810. The number of nitrogens with zero attached hydrogens (tertiary/aromatic N) is 1. The molecule has 0 saturated carbocycles. The molecule has 1 N–H and O–H groups in total. The fraction of sp³-hybridized carbons (Fsp3) is 0.0833. The van der Waals surface area contributed by atoms with Gasteiger partial charge in [-0.05, 0) is 13.0 Å². The smallest absolute Gasteiger partial charge is 0.169 e. The summed E-state index contributed by atoms with van der Waals surface area (Å²) in [6, 6.07) is 10.1. The van der Waals surface area contributed by atoms with Gasteiger partial charge >= 0.3 is 0 Å². The Morgan fingerprint density at radius 2 is 2.07 bits per heavy atom. The summed E-state index contributed by atoms with van der Waals surface area (Å²) in [4.78, 5) is 3.33. The number of benzene rings is 1. The second kappa shape index (κ2) is 2.98. The summed E-state index contributed by atoms with van der Waals surface area (Å²) in [7, 11) is 0. The largest absolute Gasteiger partial charge is 0.358 e. The first-order chi connectivity index (χ1) is 7.36. The van der Waals surface area contributed by atoms with Crippen LogP contribution in [0.25, 0.3) is 22.2 Å². The van der Waals surface area contributed by atoms with Crippen molar-refractivity contribution in [2.75, 3.05) is 0 Å². The predicted molar refractivity (Wildman–Crippen MR) is 58.5 cm³/mol. The van der Waals surface area contributed by atoms with E-state index in [2.05, 4.69) is 22.3 Å². The normalized spacial score (nSPS) is 11.0. The minimum Gasteiger partial charge on any atom is -0.358 e. The van der Waals surface area contributed by atoms with Gasteiger partial charge in [0.2, 0.25) is 0 Å². The first-order valence-corrected chi connectivity index (χ1v) is 4.84. The van der Waals surface area contributed by atoms with Crippen molar-refractivity contribution in [1.29, 1.82) is 0 Å². The molecule has 3 heteroatoms. The molecule has 0 bridgehead atoms. The minimum absolute atomic E-state index is 0.810. The molecule has 3 aromatic rings. The number of para-hydroxylation sites is 1. The van der Waals surface area contributed by atoms with Gasteiger partial charge in [0.25, 0.3) is 0 Å². The Balaban J connectivity index is 2.39. The molecule has 0 amide bonds. The number of nitrogens with one attached hydrogen (secondary N) is 1. The number of rotatable bonds is 1. The number of aromatic amines is 1. The lowest BCUT2D eigenvalue weighted by atomic mass is 10.1. The number of fused-ring (bicyclic) bond motifs is 1. The molecule has 0 unspecified atom stereocenters. The quantitative estimate of drug-likeness (QED) is 0.652. The van der Waals surface area contributed by atoms with E-state index in [1.165, 1.54) is 5.39 Å². The molecule has 0 fully saturated rings. The van der Waals surface area contributed by atoms with Crippen LogP contribution in [0.3, 0.4) is 0 Å². The van der Waals surface area contributed by atoms with Gasteiger partial charge in [0.05, 0.1) is 6.20 Å². The van der Waals surface area contributed by atoms with E-state index in [0.29, 0.717) is 0 Å². The van der Waals surface area contributed by atoms with Crippen LogP contribution in [0.5, 0.6) is 0 Å². The highest BCUT2D eigenvalue weighted by molar-refractivity contribution is 5.95. The van der Waals surface area contributed by atoms with E-state index in [1.807, 2.05) is 25.1 Å². The van der Waals surface area contributed by atoms with Crippen LogP contribution < -0.4 is 0 Å². The summed E-state index contributed by atoms with van der Waals surface area (Å²) in [6.45, 7) is 2.04. The number of aryl methyl sites for hydroxylation is 1. The van der Waals surface area contributed by atoms with Gasteiger partial charge in [0.15, 0.2) is 5.76 Å². The zero-order valence-corrected chi connectivity index (χ0v) is 8.32. The van der Waals surface area contributed by atoms with E-state index in [0.717, 1.165) is 22.5 Å². The highest BCUT2D eigenvalue weighted by atomic mass is 16.5. The molecule has 0 aliphatic rings. The highest BCUT2D eigenvalue weighted by Crippen LogP contribution is 2.31. The van der Waals surface area contributed by atoms with E-state index < -0.39 is 0 Å². The molecule has 2 heterocycles. The van der Waals surface area contributed by atoms with Gasteiger partial charge in [0, 0.05) is 28.2 Å². The van der Waals surface area contributed by atoms with Crippen LogP contribution in [0.15, 0.2) is 41.1 Å². The molecule has 0 saturated heterocycles. The molecule has 2 aromatic heterocycles. The lowest BCUT2D eigenvalue weighted by Gasteiger charge is -1.94. The third-order valence-corrected chi connectivity index (χ3v) is 2.58. The summed E-state index contributed by atoms with van der Waals surface area (Å²) in [6.07, 6.45) is 1.66. The van der Waals surface area contributed by atoms with Gasteiger partial charge in [-0.15, -0.1) is 0 Å². The Bertz CT molecular complexity index is 593. The molecule has 0 spiro atoms. The van der Waals surface area contributed by atoms with Crippen LogP contribution in [0.1, 0.15) is 5.69 Å². The molecule has 3 nitrogen and oxygen atoms in total. The number of aromatic nitrogens is 2. The average Bonchev–Trinajstić information content (AvgIpc) is 2.82. The van der Waals surface area contributed by atoms with Gasteiger partial charge in [-0.3, -0.25) is 0 Å². The first-order valence-electron chi connectivity index (χ1n) is 4.84. The van der Waals surface area contributed by atoms with Crippen molar-refractivity contribution in [3.63, 3.8) is 0 Å². The van der Waals surface area contributed by atoms with Crippen molar-refractivity contribution in [1.82, 2.24) is 10.1 Å². The van der Waals surface area contributed by atoms with Gasteiger partial charge < -0.3 is 9.51 Å². The lowest BCUT2D eigenvalue weighted by Crippen LogP contribution is -1.75. The predicted octanol–water partition coefficient (Wildman–Crippen LogP) is 3.13. The maximum Gasteiger partial charge on any atom is 0.169 e. The molecular weight excluding hydrogens is 188 g/mol. The number of H-pyrrole nitrogens is 1. The number of hydrogen-bond donors (Lipinski definition) is 1. The number of hydrogen-bond acceptors (Lipinski definition) is 2. The van der Waals surface area contributed by atoms with Crippen molar-refractivity contribution < 1.29 is 4.52 Å². The molecule has 3 rings (SSSR count). The Morgan fingerprint density at radius 1 is 1.20 bits per heavy atom. The third kappa shape index (κ3) is 1.16. The molecule has 1 aromatic carbocycles. The molecule has 0 radical (unpaired) electrons. The van der Waals surface area contributed by atoms with E-state index in [4.69, 9.17) is 4.52 Å². The van der Waals surface area contributed by atoms with Crippen LogP contribution in [0.2, 0.25) is 0 Å². The van der Waals surface area contributed by atoms with Gasteiger partial charge in [0.1, 0.15) is 0 Å². The summed E-state index contributed by atoms with van der Waals surface area (Å²) in [5, 5.41) is 4.91.